The van der Waals surface area contributed by atoms with Crippen molar-refractivity contribution in [3.05, 3.63) is 18.5 Å². The molecule has 5 heteroatoms. The minimum atomic E-state index is -0.263. The number of nitrogen functional groups attached to an aromatic ring is 1. The van der Waals surface area contributed by atoms with Gasteiger partial charge in [-0.05, 0) is 6.07 Å². The van der Waals surface area contributed by atoms with Crippen molar-refractivity contribution in [1.82, 2.24) is 4.98 Å². The highest BCUT2D eigenvalue weighted by atomic mass is 32.2. The molecule has 0 unspecified atom stereocenters. The zero-order valence-corrected chi connectivity index (χ0v) is 8.00. The van der Waals surface area contributed by atoms with E-state index in [1.165, 1.54) is 18.9 Å². The van der Waals surface area contributed by atoms with Crippen LogP contribution in [0.25, 0.3) is 0 Å². The number of methoxy groups -OCH3 is 1. The van der Waals surface area contributed by atoms with E-state index in [0.29, 0.717) is 5.69 Å². The number of nitrogens with zero attached hydrogens (tertiary/aromatic N) is 1. The van der Waals surface area contributed by atoms with E-state index >= 15 is 0 Å². The summed E-state index contributed by atoms with van der Waals surface area (Å²) >= 11 is 1.34. The van der Waals surface area contributed by atoms with Crippen LogP contribution in [0.4, 0.5) is 5.69 Å². The second-order valence-electron chi connectivity index (χ2n) is 2.28. The Bertz CT molecular complexity index is 304. The molecular weight excluding hydrogens is 188 g/mol. The molecule has 0 radical (unpaired) electrons. The van der Waals surface area contributed by atoms with Crippen LogP contribution in [0.1, 0.15) is 0 Å². The van der Waals surface area contributed by atoms with Crippen molar-refractivity contribution in [1.29, 1.82) is 0 Å². The quantitative estimate of drug-likeness (QED) is 0.578. The van der Waals surface area contributed by atoms with Crippen LogP contribution in [-0.2, 0) is 9.53 Å². The summed E-state index contributed by atoms with van der Waals surface area (Å²) in [5, 5.41) is 0. The van der Waals surface area contributed by atoms with Crippen molar-refractivity contribution in [2.24, 2.45) is 0 Å². The average Bonchev–Trinajstić information content (AvgIpc) is 2.16. The molecule has 0 saturated heterocycles. The van der Waals surface area contributed by atoms with E-state index in [-0.39, 0.29) is 11.7 Å². The molecule has 13 heavy (non-hydrogen) atoms. The number of nitrogens with two attached hydrogens (primary N) is 1. The first-order chi connectivity index (χ1) is 6.24. The van der Waals surface area contributed by atoms with Gasteiger partial charge in [-0.2, -0.15) is 0 Å². The lowest BCUT2D eigenvalue weighted by Crippen LogP contribution is -2.03. The molecule has 1 rings (SSSR count). The molecule has 1 aromatic heterocycles. The first-order valence-corrected chi connectivity index (χ1v) is 4.61. The van der Waals surface area contributed by atoms with Crippen molar-refractivity contribution in [2.75, 3.05) is 18.6 Å². The van der Waals surface area contributed by atoms with Gasteiger partial charge >= 0.3 is 5.97 Å². The lowest BCUT2D eigenvalue weighted by molar-refractivity contribution is -0.137. The predicted octanol–water partition coefficient (Wildman–Crippen LogP) is 0.929. The summed E-state index contributed by atoms with van der Waals surface area (Å²) < 4.78 is 4.50. The lowest BCUT2D eigenvalue weighted by atomic mass is 10.4. The first kappa shape index (κ1) is 9.85. The molecule has 0 atom stereocenters. The van der Waals surface area contributed by atoms with Gasteiger partial charge < -0.3 is 10.5 Å². The van der Waals surface area contributed by atoms with Crippen LogP contribution < -0.4 is 5.73 Å². The smallest absolute Gasteiger partial charge is 0.315 e. The standard InChI is InChI=1S/C8H10N2O2S/c1-12-8(11)5-13-7-2-3-10-4-6(7)9/h2-4H,5,9H2,1H3. The third-order valence-corrected chi connectivity index (χ3v) is 2.45. The molecule has 1 aromatic rings. The Kier molecular flexibility index (Phi) is 3.57. The Morgan fingerprint density at radius 3 is 3.15 bits per heavy atom. The summed E-state index contributed by atoms with van der Waals surface area (Å²) in [5.41, 5.74) is 6.19. The van der Waals surface area contributed by atoms with Crippen molar-refractivity contribution >= 4 is 23.4 Å². The van der Waals surface area contributed by atoms with Crippen molar-refractivity contribution in [3.8, 4) is 0 Å². The summed E-state index contributed by atoms with van der Waals surface area (Å²) in [5.74, 6) is 0.00580. The van der Waals surface area contributed by atoms with Gasteiger partial charge in [0.1, 0.15) is 0 Å². The molecule has 0 aliphatic rings. The van der Waals surface area contributed by atoms with E-state index < -0.39 is 0 Å². The predicted molar refractivity (Wildman–Crippen MR) is 51.4 cm³/mol. The fourth-order valence-corrected chi connectivity index (χ4v) is 1.49. The number of pyridine rings is 1. The Balaban J connectivity index is 2.54. The number of aromatic nitrogens is 1. The van der Waals surface area contributed by atoms with Crippen LogP contribution in [0.3, 0.4) is 0 Å². The highest BCUT2D eigenvalue weighted by Crippen LogP contribution is 2.23. The topological polar surface area (TPSA) is 65.2 Å². The Labute approximate surface area is 80.5 Å². The van der Waals surface area contributed by atoms with Gasteiger partial charge in [-0.3, -0.25) is 9.78 Å². The molecule has 4 nitrogen and oxygen atoms in total. The van der Waals surface area contributed by atoms with Crippen LogP contribution in [0.15, 0.2) is 23.4 Å². The molecule has 0 aromatic carbocycles. The zero-order chi connectivity index (χ0) is 9.68. The summed E-state index contributed by atoms with van der Waals surface area (Å²) in [6, 6.07) is 1.77. The minimum absolute atomic E-state index is 0.263. The fraction of sp³-hybridized carbons (Fsp3) is 0.250. The maximum atomic E-state index is 10.8. The first-order valence-electron chi connectivity index (χ1n) is 3.63. The van der Waals surface area contributed by atoms with Gasteiger partial charge in [0.05, 0.1) is 24.7 Å². The summed E-state index contributed by atoms with van der Waals surface area (Å²) in [7, 11) is 1.36. The van der Waals surface area contributed by atoms with Gasteiger partial charge in [-0.15, -0.1) is 11.8 Å². The third-order valence-electron chi connectivity index (χ3n) is 1.38. The number of hydrogen-bond acceptors (Lipinski definition) is 5. The second-order valence-corrected chi connectivity index (χ2v) is 3.30. The highest BCUT2D eigenvalue weighted by molar-refractivity contribution is 8.00. The SMILES string of the molecule is COC(=O)CSc1ccncc1N. The second kappa shape index (κ2) is 4.71. The Hall–Kier alpha value is -1.23. The fourth-order valence-electron chi connectivity index (χ4n) is 0.721. The summed E-state index contributed by atoms with van der Waals surface area (Å²) in [6.45, 7) is 0. The van der Waals surface area contributed by atoms with Crippen molar-refractivity contribution < 1.29 is 9.53 Å². The molecule has 0 saturated carbocycles. The van der Waals surface area contributed by atoms with Crippen molar-refractivity contribution in [2.45, 2.75) is 4.90 Å². The van der Waals surface area contributed by atoms with E-state index in [1.54, 1.807) is 18.5 Å². The number of thioether (sulfide) groups is 1. The van der Waals surface area contributed by atoms with Crippen LogP contribution in [0.5, 0.6) is 0 Å². The molecule has 0 amide bonds. The van der Waals surface area contributed by atoms with Crippen LogP contribution in [-0.4, -0.2) is 23.8 Å². The number of hydrogen-bond donors (Lipinski definition) is 1. The zero-order valence-electron chi connectivity index (χ0n) is 7.19. The number of anilines is 1. The molecule has 0 aliphatic carbocycles. The Morgan fingerprint density at radius 1 is 1.77 bits per heavy atom. The number of ether oxygens (including phenoxy) is 1. The molecular formula is C8H10N2O2S. The number of carbonyl (C=O) groups is 1. The van der Waals surface area contributed by atoms with Gasteiger partial charge in [0.2, 0.25) is 0 Å². The Morgan fingerprint density at radius 2 is 2.54 bits per heavy atom. The van der Waals surface area contributed by atoms with Crippen molar-refractivity contribution in [3.63, 3.8) is 0 Å². The maximum absolute atomic E-state index is 10.8. The monoisotopic (exact) mass is 198 g/mol. The van der Waals surface area contributed by atoms with Crippen LogP contribution in [0, 0.1) is 0 Å². The lowest BCUT2D eigenvalue weighted by Gasteiger charge is -2.02. The summed E-state index contributed by atoms with van der Waals surface area (Å²) in [6.07, 6.45) is 3.19. The van der Waals surface area contributed by atoms with Crippen LogP contribution >= 0.6 is 11.8 Å². The normalized spacial score (nSPS) is 9.62. The third kappa shape index (κ3) is 2.95. The largest absolute Gasteiger partial charge is 0.468 e. The number of esters is 1. The molecule has 70 valence electrons. The van der Waals surface area contributed by atoms with Gasteiger partial charge in [0.15, 0.2) is 0 Å². The molecule has 1 heterocycles. The van der Waals surface area contributed by atoms with E-state index in [0.717, 1.165) is 4.90 Å². The minimum Gasteiger partial charge on any atom is -0.468 e. The molecule has 0 aliphatic heterocycles. The molecule has 0 fully saturated rings. The van der Waals surface area contributed by atoms with E-state index in [4.69, 9.17) is 5.73 Å². The molecule has 0 spiro atoms. The maximum Gasteiger partial charge on any atom is 0.315 e. The van der Waals surface area contributed by atoms with E-state index in [1.807, 2.05) is 0 Å². The van der Waals surface area contributed by atoms with Gasteiger partial charge in [-0.25, -0.2) is 0 Å². The van der Waals surface area contributed by atoms with Gasteiger partial charge in [-0.1, -0.05) is 0 Å². The number of carbonyl (C=O) groups excluding carboxylic acids is 1. The van der Waals surface area contributed by atoms with E-state index in [2.05, 4.69) is 9.72 Å². The van der Waals surface area contributed by atoms with Gasteiger partial charge in [0.25, 0.3) is 0 Å². The summed E-state index contributed by atoms with van der Waals surface area (Å²) in [4.78, 5) is 15.5. The molecule has 2 N–H and O–H groups in total. The van der Waals surface area contributed by atoms with Crippen LogP contribution in [0.2, 0.25) is 0 Å². The highest BCUT2D eigenvalue weighted by Gasteiger charge is 2.03. The van der Waals surface area contributed by atoms with Gasteiger partial charge in [0, 0.05) is 11.1 Å². The van der Waals surface area contributed by atoms with E-state index in [9.17, 15) is 4.79 Å². The average molecular weight is 198 g/mol. The number of rotatable bonds is 3. The molecule has 0 bridgehead atoms.